The van der Waals surface area contributed by atoms with Crippen molar-refractivity contribution in [2.45, 2.75) is 19.8 Å². The minimum absolute atomic E-state index is 0.0374. The third-order valence-electron chi connectivity index (χ3n) is 2.46. The van der Waals surface area contributed by atoms with Crippen LogP contribution in [0.4, 0.5) is 10.1 Å². The van der Waals surface area contributed by atoms with Crippen LogP contribution < -0.4 is 10.0 Å². The quantitative estimate of drug-likeness (QED) is 0.726. The number of sulfonamides is 1. The third kappa shape index (κ3) is 6.22. The number of anilines is 1. The van der Waals surface area contributed by atoms with E-state index in [1.165, 1.54) is 12.1 Å². The molecule has 0 saturated heterocycles. The molecule has 0 unspecified atom stereocenters. The van der Waals surface area contributed by atoms with Crippen molar-refractivity contribution in [3.8, 4) is 0 Å². The predicted octanol–water partition coefficient (Wildman–Crippen LogP) is 2.61. The molecule has 19 heavy (non-hydrogen) atoms. The first-order chi connectivity index (χ1) is 8.94. The minimum atomic E-state index is -3.54. The Kier molecular flexibility index (Phi) is 6.54. The van der Waals surface area contributed by atoms with E-state index in [1.54, 1.807) is 0 Å². The summed E-state index contributed by atoms with van der Waals surface area (Å²) in [5.41, 5.74) is -0.112. The Balaban J connectivity index is 2.52. The molecule has 0 amide bonds. The number of hydrogen-bond donors (Lipinski definition) is 2. The molecular weight excluding hydrogens is 291 g/mol. The maximum atomic E-state index is 13.4. The summed E-state index contributed by atoms with van der Waals surface area (Å²) in [7, 11) is -3.54. The Morgan fingerprint density at radius 3 is 2.74 bits per heavy atom. The zero-order valence-electron chi connectivity index (χ0n) is 10.7. The second kappa shape index (κ2) is 7.67. The van der Waals surface area contributed by atoms with Crippen LogP contribution in [0.3, 0.4) is 0 Å². The van der Waals surface area contributed by atoms with Crippen LogP contribution in [0.15, 0.2) is 18.2 Å². The maximum absolute atomic E-state index is 13.4. The fourth-order valence-corrected chi connectivity index (χ4v) is 2.86. The van der Waals surface area contributed by atoms with Gasteiger partial charge in [-0.05, 0) is 44.1 Å². The summed E-state index contributed by atoms with van der Waals surface area (Å²) >= 11 is 5.70. The van der Waals surface area contributed by atoms with Gasteiger partial charge in [0.1, 0.15) is 5.82 Å². The van der Waals surface area contributed by atoms with Crippen molar-refractivity contribution >= 4 is 27.3 Å². The monoisotopic (exact) mass is 308 g/mol. The summed E-state index contributed by atoms with van der Waals surface area (Å²) in [6.07, 6.45) is 1.28. The van der Waals surface area contributed by atoms with Gasteiger partial charge in [-0.15, -0.1) is 0 Å². The fraction of sp³-hybridized carbons (Fsp3) is 0.500. The molecule has 0 fully saturated rings. The Labute approximate surface area is 118 Å². The van der Waals surface area contributed by atoms with E-state index in [-0.39, 0.29) is 16.5 Å². The molecule has 4 nitrogen and oxygen atoms in total. The number of unbranched alkanes of at least 4 members (excludes halogenated alkanes) is 1. The summed E-state index contributed by atoms with van der Waals surface area (Å²) in [5.74, 6) is -0.676. The molecule has 0 aliphatic carbocycles. The lowest BCUT2D eigenvalue weighted by atomic mass is 10.3. The molecule has 0 atom stereocenters. The molecule has 0 bridgehead atoms. The van der Waals surface area contributed by atoms with Gasteiger partial charge >= 0.3 is 0 Å². The molecule has 1 aromatic rings. The van der Waals surface area contributed by atoms with E-state index < -0.39 is 15.8 Å². The minimum Gasteiger partial charge on any atom is -0.317 e. The topological polar surface area (TPSA) is 58.2 Å². The largest absolute Gasteiger partial charge is 0.317 e. The molecule has 1 aromatic carbocycles. The van der Waals surface area contributed by atoms with Crippen LogP contribution in [0.25, 0.3) is 0 Å². The van der Waals surface area contributed by atoms with Crippen molar-refractivity contribution < 1.29 is 12.8 Å². The Hall–Kier alpha value is -0.850. The third-order valence-corrected chi connectivity index (χ3v) is 4.05. The predicted molar refractivity (Wildman–Crippen MR) is 76.6 cm³/mol. The van der Waals surface area contributed by atoms with Crippen LogP contribution in [-0.2, 0) is 10.0 Å². The molecule has 108 valence electrons. The van der Waals surface area contributed by atoms with Crippen molar-refractivity contribution in [2.24, 2.45) is 0 Å². The van der Waals surface area contributed by atoms with Crippen molar-refractivity contribution in [2.75, 3.05) is 23.6 Å². The van der Waals surface area contributed by atoms with Gasteiger partial charge in [0.05, 0.1) is 11.4 Å². The first kappa shape index (κ1) is 16.2. The summed E-state index contributed by atoms with van der Waals surface area (Å²) in [4.78, 5) is 0. The molecule has 0 aliphatic rings. The number of halogens is 2. The zero-order valence-corrected chi connectivity index (χ0v) is 12.3. The van der Waals surface area contributed by atoms with Crippen LogP contribution in [0.2, 0.25) is 5.02 Å². The lowest BCUT2D eigenvalue weighted by Gasteiger charge is -2.09. The van der Waals surface area contributed by atoms with Crippen LogP contribution in [-0.4, -0.2) is 27.3 Å². The highest BCUT2D eigenvalue weighted by Crippen LogP contribution is 2.20. The highest BCUT2D eigenvalue weighted by molar-refractivity contribution is 7.92. The van der Waals surface area contributed by atoms with Crippen LogP contribution in [0.5, 0.6) is 0 Å². The molecule has 0 spiro atoms. The number of rotatable bonds is 8. The Bertz CT molecular complexity index is 508. The first-order valence-electron chi connectivity index (χ1n) is 6.11. The van der Waals surface area contributed by atoms with Gasteiger partial charge in [0.25, 0.3) is 0 Å². The lowest BCUT2D eigenvalue weighted by molar-refractivity contribution is 0.591. The van der Waals surface area contributed by atoms with Gasteiger partial charge in [0, 0.05) is 5.02 Å². The van der Waals surface area contributed by atoms with Gasteiger partial charge in [-0.2, -0.15) is 0 Å². The molecule has 0 heterocycles. The molecule has 7 heteroatoms. The molecule has 0 aliphatic heterocycles. The van der Waals surface area contributed by atoms with E-state index in [4.69, 9.17) is 11.6 Å². The molecule has 1 rings (SSSR count). The van der Waals surface area contributed by atoms with Gasteiger partial charge in [-0.25, -0.2) is 12.8 Å². The van der Waals surface area contributed by atoms with Crippen molar-refractivity contribution in [1.82, 2.24) is 5.32 Å². The second-order valence-corrected chi connectivity index (χ2v) is 6.38. The molecule has 2 N–H and O–H groups in total. The number of hydrogen-bond acceptors (Lipinski definition) is 3. The van der Waals surface area contributed by atoms with Crippen LogP contribution in [0.1, 0.15) is 19.8 Å². The van der Waals surface area contributed by atoms with Gasteiger partial charge in [-0.1, -0.05) is 18.5 Å². The van der Waals surface area contributed by atoms with Crippen LogP contribution in [0, 0.1) is 5.82 Å². The first-order valence-corrected chi connectivity index (χ1v) is 8.14. The maximum Gasteiger partial charge on any atom is 0.232 e. The molecular formula is C12H18ClFN2O2S. The van der Waals surface area contributed by atoms with Crippen molar-refractivity contribution in [3.63, 3.8) is 0 Å². The number of nitrogens with one attached hydrogen (secondary N) is 2. The van der Waals surface area contributed by atoms with Gasteiger partial charge in [0.2, 0.25) is 10.0 Å². The van der Waals surface area contributed by atoms with Crippen molar-refractivity contribution in [1.29, 1.82) is 0 Å². The fourth-order valence-electron chi connectivity index (χ4n) is 1.51. The van der Waals surface area contributed by atoms with E-state index in [2.05, 4.69) is 10.0 Å². The van der Waals surface area contributed by atoms with E-state index in [0.29, 0.717) is 6.42 Å². The smallest absolute Gasteiger partial charge is 0.232 e. The van der Waals surface area contributed by atoms with Gasteiger partial charge in [-0.3, -0.25) is 4.72 Å². The average molecular weight is 309 g/mol. The van der Waals surface area contributed by atoms with E-state index in [0.717, 1.165) is 25.6 Å². The second-order valence-electron chi connectivity index (χ2n) is 4.11. The molecule has 0 aromatic heterocycles. The lowest BCUT2D eigenvalue weighted by Crippen LogP contribution is -2.19. The normalized spacial score (nSPS) is 11.5. The van der Waals surface area contributed by atoms with Crippen LogP contribution >= 0.6 is 11.6 Å². The molecule has 0 radical (unpaired) electrons. The standard InChI is InChI=1S/C12H18ClFN2O2S/c1-2-15-7-3-4-8-19(17,18)16-12-9-10(13)5-6-11(12)14/h5-6,9,15-16H,2-4,7-8H2,1H3. The summed E-state index contributed by atoms with van der Waals surface area (Å²) in [6.45, 7) is 3.62. The van der Waals surface area contributed by atoms with Crippen molar-refractivity contribution in [3.05, 3.63) is 29.0 Å². The van der Waals surface area contributed by atoms with Gasteiger partial charge < -0.3 is 5.32 Å². The summed E-state index contributed by atoms with van der Waals surface area (Å²) in [5, 5.41) is 3.39. The number of benzene rings is 1. The SMILES string of the molecule is CCNCCCCS(=O)(=O)Nc1cc(Cl)ccc1F. The summed E-state index contributed by atoms with van der Waals surface area (Å²) < 4.78 is 39.1. The van der Waals surface area contributed by atoms with E-state index in [1.807, 2.05) is 6.92 Å². The average Bonchev–Trinajstić information content (AvgIpc) is 2.33. The van der Waals surface area contributed by atoms with E-state index >= 15 is 0 Å². The zero-order chi connectivity index (χ0) is 14.3. The molecule has 0 saturated carbocycles. The summed E-state index contributed by atoms with van der Waals surface area (Å²) in [6, 6.07) is 3.75. The van der Waals surface area contributed by atoms with Gasteiger partial charge in [0.15, 0.2) is 0 Å². The highest BCUT2D eigenvalue weighted by Gasteiger charge is 2.13. The highest BCUT2D eigenvalue weighted by atomic mass is 35.5. The Morgan fingerprint density at radius 1 is 1.32 bits per heavy atom. The van der Waals surface area contributed by atoms with E-state index in [9.17, 15) is 12.8 Å². The Morgan fingerprint density at radius 2 is 2.05 bits per heavy atom.